The van der Waals surface area contributed by atoms with Gasteiger partial charge in [-0.2, -0.15) is 0 Å². The van der Waals surface area contributed by atoms with E-state index < -0.39 is 22.0 Å². The molecule has 0 aromatic heterocycles. The standard InChI is InChI=1S/C24H24N2O4S/c1-16-8-12-20(13-9-16)31(28,29)26-15-23(30-22-7-5-4-6-21(22)26)24(27)25-19-11-10-17(2)18(3)14-19/h4-14,23H,15H2,1-3H3,(H,25,27)/t23-/m1/s1. The quantitative estimate of drug-likeness (QED) is 0.665. The molecule has 0 fully saturated rings. The van der Waals surface area contributed by atoms with Crippen LogP contribution in [0.3, 0.4) is 0 Å². The third-order valence-corrected chi connectivity index (χ3v) is 7.20. The number of carbonyl (C=O) groups is 1. The van der Waals surface area contributed by atoms with Crippen LogP contribution in [-0.2, 0) is 14.8 Å². The van der Waals surface area contributed by atoms with Crippen molar-refractivity contribution in [2.75, 3.05) is 16.2 Å². The van der Waals surface area contributed by atoms with E-state index in [-0.39, 0.29) is 11.4 Å². The fraction of sp³-hybridized carbons (Fsp3) is 0.208. The summed E-state index contributed by atoms with van der Waals surface area (Å²) in [6.07, 6.45) is -0.989. The molecule has 0 unspecified atom stereocenters. The highest BCUT2D eigenvalue weighted by Crippen LogP contribution is 2.37. The molecular weight excluding hydrogens is 412 g/mol. The summed E-state index contributed by atoms with van der Waals surface area (Å²) >= 11 is 0. The summed E-state index contributed by atoms with van der Waals surface area (Å²) in [4.78, 5) is 13.1. The molecule has 1 heterocycles. The lowest BCUT2D eigenvalue weighted by atomic mass is 10.1. The molecule has 0 aliphatic carbocycles. The minimum Gasteiger partial charge on any atom is -0.476 e. The summed E-state index contributed by atoms with van der Waals surface area (Å²) in [7, 11) is -3.87. The molecule has 6 nitrogen and oxygen atoms in total. The van der Waals surface area contributed by atoms with E-state index in [1.54, 1.807) is 48.5 Å². The zero-order valence-corrected chi connectivity index (χ0v) is 18.4. The van der Waals surface area contributed by atoms with Crippen molar-refractivity contribution < 1.29 is 17.9 Å². The number of para-hydroxylation sites is 2. The van der Waals surface area contributed by atoms with Crippen molar-refractivity contribution in [2.45, 2.75) is 31.8 Å². The second-order valence-electron chi connectivity index (χ2n) is 7.71. The second kappa shape index (κ2) is 8.07. The van der Waals surface area contributed by atoms with Gasteiger partial charge in [-0.25, -0.2) is 8.42 Å². The molecule has 1 aliphatic heterocycles. The number of aryl methyl sites for hydroxylation is 3. The van der Waals surface area contributed by atoms with Gasteiger partial charge in [0.2, 0.25) is 0 Å². The molecule has 0 saturated heterocycles. The number of ether oxygens (including phenoxy) is 1. The Balaban J connectivity index is 1.66. The first kappa shape index (κ1) is 20.9. The van der Waals surface area contributed by atoms with Gasteiger partial charge in [0.1, 0.15) is 5.75 Å². The van der Waals surface area contributed by atoms with E-state index in [9.17, 15) is 13.2 Å². The average Bonchev–Trinajstić information content (AvgIpc) is 2.75. The first-order valence-electron chi connectivity index (χ1n) is 9.99. The normalized spacial score (nSPS) is 15.7. The Morgan fingerprint density at radius 1 is 0.968 bits per heavy atom. The summed E-state index contributed by atoms with van der Waals surface area (Å²) in [5.74, 6) is -0.0495. The highest BCUT2D eigenvalue weighted by molar-refractivity contribution is 7.92. The minimum absolute atomic E-state index is 0.121. The molecule has 3 aromatic carbocycles. The topological polar surface area (TPSA) is 75.7 Å². The Morgan fingerprint density at radius 3 is 2.39 bits per heavy atom. The Labute approximate surface area is 182 Å². The zero-order chi connectivity index (χ0) is 22.2. The van der Waals surface area contributed by atoms with Crippen LogP contribution in [0.25, 0.3) is 0 Å². The molecule has 7 heteroatoms. The first-order chi connectivity index (χ1) is 14.8. The molecule has 31 heavy (non-hydrogen) atoms. The molecule has 1 N–H and O–H groups in total. The van der Waals surface area contributed by atoms with Gasteiger partial charge in [-0.1, -0.05) is 35.9 Å². The number of nitrogens with zero attached hydrogens (tertiary/aromatic N) is 1. The summed E-state index contributed by atoms with van der Waals surface area (Å²) < 4.78 is 34.0. The Kier molecular flexibility index (Phi) is 5.45. The predicted octanol–water partition coefficient (Wildman–Crippen LogP) is 4.21. The minimum atomic E-state index is -3.87. The maximum atomic E-state index is 13.4. The Hall–Kier alpha value is -3.32. The monoisotopic (exact) mass is 436 g/mol. The van der Waals surface area contributed by atoms with E-state index in [0.717, 1.165) is 16.7 Å². The van der Waals surface area contributed by atoms with Gasteiger partial charge in [0, 0.05) is 5.69 Å². The molecule has 1 amide bonds. The maximum absolute atomic E-state index is 13.4. The van der Waals surface area contributed by atoms with Crippen LogP contribution < -0.4 is 14.4 Å². The van der Waals surface area contributed by atoms with Gasteiger partial charge in [0.25, 0.3) is 15.9 Å². The van der Waals surface area contributed by atoms with Gasteiger partial charge < -0.3 is 10.1 Å². The number of amides is 1. The average molecular weight is 437 g/mol. The molecule has 4 rings (SSSR count). The predicted molar refractivity (Wildman–Crippen MR) is 121 cm³/mol. The van der Waals surface area contributed by atoms with Gasteiger partial charge >= 0.3 is 0 Å². The van der Waals surface area contributed by atoms with Crippen molar-refractivity contribution in [3.63, 3.8) is 0 Å². The lowest BCUT2D eigenvalue weighted by molar-refractivity contribution is -0.122. The molecule has 0 radical (unpaired) electrons. The van der Waals surface area contributed by atoms with Crippen LogP contribution in [0.15, 0.2) is 71.6 Å². The Morgan fingerprint density at radius 2 is 1.68 bits per heavy atom. The molecule has 1 atom stereocenters. The number of hydrogen-bond donors (Lipinski definition) is 1. The van der Waals surface area contributed by atoms with E-state index >= 15 is 0 Å². The van der Waals surface area contributed by atoms with Crippen LogP contribution in [0.2, 0.25) is 0 Å². The number of carbonyl (C=O) groups excluding carboxylic acids is 1. The van der Waals surface area contributed by atoms with Gasteiger partial charge in [0.15, 0.2) is 6.10 Å². The van der Waals surface area contributed by atoms with Crippen molar-refractivity contribution in [1.82, 2.24) is 0 Å². The van der Waals surface area contributed by atoms with Crippen molar-refractivity contribution >= 4 is 27.3 Å². The number of nitrogens with one attached hydrogen (secondary N) is 1. The van der Waals surface area contributed by atoms with E-state index in [1.807, 2.05) is 39.0 Å². The third kappa shape index (κ3) is 4.14. The van der Waals surface area contributed by atoms with Gasteiger partial charge in [-0.05, 0) is 68.3 Å². The number of hydrogen-bond acceptors (Lipinski definition) is 4. The molecule has 0 spiro atoms. The fourth-order valence-electron chi connectivity index (χ4n) is 3.45. The van der Waals surface area contributed by atoms with Crippen LogP contribution in [0.1, 0.15) is 16.7 Å². The molecule has 3 aromatic rings. The van der Waals surface area contributed by atoms with E-state index in [0.29, 0.717) is 17.1 Å². The number of fused-ring (bicyclic) bond motifs is 1. The fourth-order valence-corrected chi connectivity index (χ4v) is 4.92. The summed E-state index contributed by atoms with van der Waals surface area (Å²) in [5, 5.41) is 2.84. The van der Waals surface area contributed by atoms with E-state index in [2.05, 4.69) is 5.32 Å². The van der Waals surface area contributed by atoms with Gasteiger partial charge in [-0.3, -0.25) is 9.10 Å². The van der Waals surface area contributed by atoms with Crippen LogP contribution in [-0.4, -0.2) is 27.0 Å². The highest BCUT2D eigenvalue weighted by atomic mass is 32.2. The molecule has 0 bridgehead atoms. The lowest BCUT2D eigenvalue weighted by Gasteiger charge is -2.34. The third-order valence-electron chi connectivity index (χ3n) is 5.41. The summed E-state index contributed by atoms with van der Waals surface area (Å²) in [6.45, 7) is 5.74. The lowest BCUT2D eigenvalue weighted by Crippen LogP contribution is -2.48. The molecular formula is C24H24N2O4S. The smallest absolute Gasteiger partial charge is 0.267 e. The van der Waals surface area contributed by atoms with Crippen molar-refractivity contribution in [3.8, 4) is 5.75 Å². The zero-order valence-electron chi connectivity index (χ0n) is 17.6. The highest BCUT2D eigenvalue weighted by Gasteiger charge is 2.37. The van der Waals surface area contributed by atoms with Crippen LogP contribution in [0.5, 0.6) is 5.75 Å². The SMILES string of the molecule is Cc1ccc(S(=O)(=O)N2C[C@H](C(=O)Nc3ccc(C)c(C)c3)Oc3ccccc32)cc1. The number of sulfonamides is 1. The molecule has 1 aliphatic rings. The van der Waals surface area contributed by atoms with Crippen molar-refractivity contribution in [1.29, 1.82) is 0 Å². The summed E-state index contributed by atoms with van der Waals surface area (Å²) in [6, 6.07) is 19.1. The maximum Gasteiger partial charge on any atom is 0.267 e. The van der Waals surface area contributed by atoms with Crippen molar-refractivity contribution in [2.24, 2.45) is 0 Å². The summed E-state index contributed by atoms with van der Waals surface area (Å²) in [5.41, 5.74) is 4.20. The number of rotatable bonds is 4. The Bertz CT molecular complexity index is 1240. The van der Waals surface area contributed by atoms with E-state index in [4.69, 9.17) is 4.74 Å². The van der Waals surface area contributed by atoms with Crippen LogP contribution >= 0.6 is 0 Å². The van der Waals surface area contributed by atoms with Crippen LogP contribution in [0, 0.1) is 20.8 Å². The molecule has 0 saturated carbocycles. The van der Waals surface area contributed by atoms with E-state index in [1.165, 1.54) is 4.31 Å². The van der Waals surface area contributed by atoms with Gasteiger partial charge in [-0.15, -0.1) is 0 Å². The van der Waals surface area contributed by atoms with Gasteiger partial charge in [0.05, 0.1) is 17.1 Å². The number of anilines is 2. The first-order valence-corrected chi connectivity index (χ1v) is 11.4. The number of benzene rings is 3. The van der Waals surface area contributed by atoms with Crippen LogP contribution in [0.4, 0.5) is 11.4 Å². The second-order valence-corrected chi connectivity index (χ2v) is 9.57. The largest absolute Gasteiger partial charge is 0.476 e. The molecule has 160 valence electrons. The van der Waals surface area contributed by atoms with Crippen molar-refractivity contribution in [3.05, 3.63) is 83.4 Å².